The summed E-state index contributed by atoms with van der Waals surface area (Å²) < 4.78 is 10.9. The van der Waals surface area contributed by atoms with Gasteiger partial charge in [-0.2, -0.15) is 0 Å². The maximum Gasteiger partial charge on any atom is 0.317 e. The maximum absolute atomic E-state index is 12.1. The van der Waals surface area contributed by atoms with E-state index in [0.717, 1.165) is 17.9 Å². The van der Waals surface area contributed by atoms with Crippen molar-refractivity contribution in [1.29, 1.82) is 0 Å². The number of urea groups is 1. The van der Waals surface area contributed by atoms with Gasteiger partial charge in [0.05, 0.1) is 25.0 Å². The van der Waals surface area contributed by atoms with Crippen LogP contribution in [0.4, 0.5) is 4.79 Å². The molecule has 7 heteroatoms. The molecule has 1 atom stereocenters. The summed E-state index contributed by atoms with van der Waals surface area (Å²) in [5, 5.41) is 6.61. The molecule has 0 aliphatic carbocycles. The minimum atomic E-state index is -0.119. The Morgan fingerprint density at radius 3 is 3.23 bits per heavy atom. The molecule has 22 heavy (non-hydrogen) atoms. The Hall–Kier alpha value is -2.57. The molecule has 0 radical (unpaired) electrons. The van der Waals surface area contributed by atoms with Gasteiger partial charge >= 0.3 is 6.03 Å². The highest BCUT2D eigenvalue weighted by Crippen LogP contribution is 2.17. The summed E-state index contributed by atoms with van der Waals surface area (Å²) in [5.41, 5.74) is 0.801. The van der Waals surface area contributed by atoms with E-state index in [4.69, 9.17) is 9.26 Å². The number of nitrogens with zero attached hydrogens (tertiary/aromatic N) is 3. The summed E-state index contributed by atoms with van der Waals surface area (Å²) in [7, 11) is 0. The number of ether oxygens (including phenoxy) is 1. The molecule has 0 unspecified atom stereocenters. The van der Waals surface area contributed by atoms with Crippen LogP contribution in [0.25, 0.3) is 0 Å². The lowest BCUT2D eigenvalue weighted by molar-refractivity contribution is 0.185. The number of aryl methyl sites for hydroxylation is 1. The van der Waals surface area contributed by atoms with E-state index in [-0.39, 0.29) is 12.1 Å². The second-order valence-corrected chi connectivity index (χ2v) is 5.26. The summed E-state index contributed by atoms with van der Waals surface area (Å²) in [6, 6.07) is 5.38. The summed E-state index contributed by atoms with van der Waals surface area (Å²) >= 11 is 0. The van der Waals surface area contributed by atoms with Crippen LogP contribution in [0, 0.1) is 6.92 Å². The van der Waals surface area contributed by atoms with Crippen LogP contribution in [0.15, 0.2) is 35.1 Å². The molecule has 2 aromatic heterocycles. The third-order valence-electron chi connectivity index (χ3n) is 3.46. The van der Waals surface area contributed by atoms with E-state index in [1.54, 1.807) is 23.4 Å². The van der Waals surface area contributed by atoms with Gasteiger partial charge < -0.3 is 19.5 Å². The standard InChI is InChI=1S/C15H18N4O3/c1-11-7-14(22-18-11)9-17-15(20)19-6-4-13(10-19)21-12-3-2-5-16-8-12/h2-3,5,7-8,13H,4,6,9-10H2,1H3,(H,17,20)/t13-/m0/s1. The normalized spacial score (nSPS) is 17.5. The highest BCUT2D eigenvalue weighted by atomic mass is 16.5. The van der Waals surface area contributed by atoms with Crippen molar-refractivity contribution in [2.24, 2.45) is 0 Å². The van der Waals surface area contributed by atoms with Gasteiger partial charge in [-0.3, -0.25) is 4.98 Å². The van der Waals surface area contributed by atoms with Gasteiger partial charge in [-0.25, -0.2) is 4.79 Å². The molecule has 1 aliphatic rings. The molecule has 3 heterocycles. The molecule has 0 saturated carbocycles. The van der Waals surface area contributed by atoms with E-state index in [9.17, 15) is 4.79 Å². The van der Waals surface area contributed by atoms with Crippen molar-refractivity contribution in [2.75, 3.05) is 13.1 Å². The zero-order chi connectivity index (χ0) is 15.4. The monoisotopic (exact) mass is 302 g/mol. The van der Waals surface area contributed by atoms with Crippen LogP contribution in [0.3, 0.4) is 0 Å². The van der Waals surface area contributed by atoms with Gasteiger partial charge in [-0.05, 0) is 19.1 Å². The van der Waals surface area contributed by atoms with Crippen molar-refractivity contribution in [3.8, 4) is 5.75 Å². The molecule has 1 saturated heterocycles. The molecular formula is C15H18N4O3. The number of hydrogen-bond donors (Lipinski definition) is 1. The van der Waals surface area contributed by atoms with Gasteiger partial charge in [0.2, 0.25) is 0 Å². The smallest absolute Gasteiger partial charge is 0.317 e. The SMILES string of the molecule is Cc1cc(CNC(=O)N2CC[C@H](Oc3cccnc3)C2)on1. The van der Waals surface area contributed by atoms with E-state index < -0.39 is 0 Å². The topological polar surface area (TPSA) is 80.5 Å². The van der Waals surface area contributed by atoms with Gasteiger partial charge in [0, 0.05) is 25.2 Å². The van der Waals surface area contributed by atoms with Crippen molar-refractivity contribution in [3.63, 3.8) is 0 Å². The zero-order valence-corrected chi connectivity index (χ0v) is 12.4. The molecule has 116 valence electrons. The molecule has 1 N–H and O–H groups in total. The first-order valence-electron chi connectivity index (χ1n) is 7.22. The number of likely N-dealkylation sites (tertiary alicyclic amines) is 1. The van der Waals surface area contributed by atoms with E-state index in [0.29, 0.717) is 25.4 Å². The summed E-state index contributed by atoms with van der Waals surface area (Å²) in [6.45, 7) is 3.42. The third kappa shape index (κ3) is 3.55. The maximum atomic E-state index is 12.1. The molecule has 2 aromatic rings. The van der Waals surface area contributed by atoms with Crippen LogP contribution >= 0.6 is 0 Å². The van der Waals surface area contributed by atoms with Crippen LogP contribution in [0.2, 0.25) is 0 Å². The summed E-state index contributed by atoms with van der Waals surface area (Å²) in [5.74, 6) is 1.38. The molecular weight excluding hydrogens is 284 g/mol. The second kappa shape index (κ2) is 6.46. The first-order valence-corrected chi connectivity index (χ1v) is 7.22. The molecule has 0 bridgehead atoms. The van der Waals surface area contributed by atoms with Crippen molar-refractivity contribution in [2.45, 2.75) is 26.0 Å². The Morgan fingerprint density at radius 2 is 2.50 bits per heavy atom. The average Bonchev–Trinajstić information content (AvgIpc) is 3.15. The van der Waals surface area contributed by atoms with E-state index in [2.05, 4.69) is 15.5 Å². The minimum Gasteiger partial charge on any atom is -0.487 e. The van der Waals surface area contributed by atoms with Gasteiger partial charge in [-0.1, -0.05) is 5.16 Å². The van der Waals surface area contributed by atoms with Crippen molar-refractivity contribution >= 4 is 6.03 Å². The Kier molecular flexibility index (Phi) is 4.22. The number of carbonyl (C=O) groups is 1. The number of nitrogens with one attached hydrogen (secondary N) is 1. The fraction of sp³-hybridized carbons (Fsp3) is 0.400. The molecule has 0 spiro atoms. The lowest BCUT2D eigenvalue weighted by atomic mass is 10.3. The highest BCUT2D eigenvalue weighted by Gasteiger charge is 2.27. The summed E-state index contributed by atoms with van der Waals surface area (Å²) in [4.78, 5) is 17.9. The number of amides is 2. The predicted molar refractivity (Wildman–Crippen MR) is 78.3 cm³/mol. The van der Waals surface area contributed by atoms with E-state index in [1.165, 1.54) is 0 Å². The molecule has 7 nitrogen and oxygen atoms in total. The quantitative estimate of drug-likeness (QED) is 0.930. The van der Waals surface area contributed by atoms with E-state index in [1.807, 2.05) is 19.1 Å². The Morgan fingerprint density at radius 1 is 1.59 bits per heavy atom. The van der Waals surface area contributed by atoms with Gasteiger partial charge in [0.25, 0.3) is 0 Å². The van der Waals surface area contributed by atoms with Gasteiger partial charge in [-0.15, -0.1) is 0 Å². The fourth-order valence-corrected chi connectivity index (χ4v) is 2.39. The number of rotatable bonds is 4. The number of carbonyl (C=O) groups excluding carboxylic acids is 1. The summed E-state index contributed by atoms with van der Waals surface area (Å²) in [6.07, 6.45) is 4.19. The second-order valence-electron chi connectivity index (χ2n) is 5.26. The molecule has 2 amide bonds. The first kappa shape index (κ1) is 14.4. The van der Waals surface area contributed by atoms with Gasteiger partial charge in [0.15, 0.2) is 5.76 Å². The van der Waals surface area contributed by atoms with Crippen LogP contribution < -0.4 is 10.1 Å². The first-order chi connectivity index (χ1) is 10.7. The van der Waals surface area contributed by atoms with Crippen molar-refractivity contribution in [1.82, 2.24) is 20.4 Å². The van der Waals surface area contributed by atoms with Crippen LogP contribution in [0.5, 0.6) is 5.75 Å². The number of pyridine rings is 1. The van der Waals surface area contributed by atoms with Crippen molar-refractivity contribution < 1.29 is 14.1 Å². The third-order valence-corrected chi connectivity index (χ3v) is 3.46. The zero-order valence-electron chi connectivity index (χ0n) is 12.4. The van der Waals surface area contributed by atoms with Crippen LogP contribution in [-0.2, 0) is 6.54 Å². The van der Waals surface area contributed by atoms with E-state index >= 15 is 0 Å². The Balaban J connectivity index is 1.46. The molecule has 1 fully saturated rings. The molecule has 0 aromatic carbocycles. The Bertz CT molecular complexity index is 629. The van der Waals surface area contributed by atoms with Gasteiger partial charge in [0.1, 0.15) is 11.9 Å². The predicted octanol–water partition coefficient (Wildman–Crippen LogP) is 1.74. The lowest BCUT2D eigenvalue weighted by Gasteiger charge is -2.17. The average molecular weight is 302 g/mol. The lowest BCUT2D eigenvalue weighted by Crippen LogP contribution is -2.39. The van der Waals surface area contributed by atoms with Crippen LogP contribution in [0.1, 0.15) is 17.9 Å². The highest BCUT2D eigenvalue weighted by molar-refractivity contribution is 5.74. The largest absolute Gasteiger partial charge is 0.487 e. The fourth-order valence-electron chi connectivity index (χ4n) is 2.39. The number of aromatic nitrogens is 2. The minimum absolute atomic E-state index is 0.00229. The Labute approximate surface area is 128 Å². The number of hydrogen-bond acceptors (Lipinski definition) is 5. The van der Waals surface area contributed by atoms with Crippen LogP contribution in [-0.4, -0.2) is 40.3 Å². The molecule has 1 aliphatic heterocycles. The molecule has 3 rings (SSSR count). The van der Waals surface area contributed by atoms with Crippen molar-refractivity contribution in [3.05, 3.63) is 42.0 Å².